The summed E-state index contributed by atoms with van der Waals surface area (Å²) < 4.78 is 0. The van der Waals surface area contributed by atoms with Crippen LogP contribution >= 0.6 is 0 Å². The van der Waals surface area contributed by atoms with Crippen LogP contribution in [0.25, 0.3) is 0 Å². The van der Waals surface area contributed by atoms with Crippen molar-refractivity contribution in [1.82, 2.24) is 19.7 Å². The summed E-state index contributed by atoms with van der Waals surface area (Å²) in [4.78, 5) is 37.5. The average Bonchev–Trinajstić information content (AvgIpc) is 3.32. The molecule has 4 rings (SSSR count). The van der Waals surface area contributed by atoms with Gasteiger partial charge in [-0.2, -0.15) is 0 Å². The first kappa shape index (κ1) is 21.5. The van der Waals surface area contributed by atoms with E-state index in [-0.39, 0.29) is 11.8 Å². The number of hydrogen-bond donors (Lipinski definition) is 0. The molecular formula is C25H32N4O2. The van der Waals surface area contributed by atoms with Crippen LogP contribution in [0, 0.1) is 0 Å². The van der Waals surface area contributed by atoms with Gasteiger partial charge in [0.2, 0.25) is 5.91 Å². The number of rotatable bonds is 5. The second-order valence-corrected chi connectivity index (χ2v) is 8.97. The molecule has 31 heavy (non-hydrogen) atoms. The summed E-state index contributed by atoms with van der Waals surface area (Å²) >= 11 is 0. The third-order valence-electron chi connectivity index (χ3n) is 6.59. The van der Waals surface area contributed by atoms with E-state index >= 15 is 0 Å². The zero-order valence-corrected chi connectivity index (χ0v) is 18.6. The Bertz CT molecular complexity index is 924. The van der Waals surface area contributed by atoms with Crippen molar-refractivity contribution in [3.05, 3.63) is 65.5 Å². The highest BCUT2D eigenvalue weighted by atomic mass is 16.2. The second-order valence-electron chi connectivity index (χ2n) is 8.97. The normalized spacial score (nSPS) is 21.8. The van der Waals surface area contributed by atoms with Gasteiger partial charge in [0.15, 0.2) is 0 Å². The number of aromatic nitrogens is 1. The highest BCUT2D eigenvalue weighted by Gasteiger charge is 2.47. The number of carbonyl (C=O) groups is 2. The number of piperidine rings is 1. The van der Waals surface area contributed by atoms with Gasteiger partial charge in [0, 0.05) is 45.5 Å². The van der Waals surface area contributed by atoms with Crippen molar-refractivity contribution in [2.24, 2.45) is 0 Å². The van der Waals surface area contributed by atoms with Crippen LogP contribution in [0.3, 0.4) is 0 Å². The van der Waals surface area contributed by atoms with E-state index in [0.717, 1.165) is 42.9 Å². The molecule has 1 aromatic carbocycles. The van der Waals surface area contributed by atoms with Gasteiger partial charge in [0.25, 0.3) is 5.91 Å². The van der Waals surface area contributed by atoms with Crippen molar-refractivity contribution >= 4 is 11.8 Å². The predicted octanol–water partition coefficient (Wildman–Crippen LogP) is 2.94. The van der Waals surface area contributed by atoms with Crippen LogP contribution in [0.4, 0.5) is 0 Å². The van der Waals surface area contributed by atoms with Crippen LogP contribution in [0.5, 0.6) is 0 Å². The monoisotopic (exact) mass is 420 g/mol. The number of pyridine rings is 1. The number of likely N-dealkylation sites (N-methyl/N-ethyl adjacent to an activating group) is 1. The predicted molar refractivity (Wildman–Crippen MR) is 121 cm³/mol. The first-order chi connectivity index (χ1) is 15.0. The maximum atomic E-state index is 13.7. The third kappa shape index (κ3) is 4.35. The number of hydrogen-bond acceptors (Lipinski definition) is 4. The molecule has 0 spiro atoms. The van der Waals surface area contributed by atoms with Crippen LogP contribution in [-0.2, 0) is 16.8 Å². The molecule has 0 unspecified atom stereocenters. The van der Waals surface area contributed by atoms with E-state index in [1.807, 2.05) is 41.3 Å². The number of benzene rings is 1. The van der Waals surface area contributed by atoms with Crippen LogP contribution < -0.4 is 0 Å². The molecule has 0 radical (unpaired) electrons. The van der Waals surface area contributed by atoms with Crippen molar-refractivity contribution in [2.45, 2.75) is 37.6 Å². The Balaban J connectivity index is 1.63. The molecule has 0 saturated carbocycles. The topological polar surface area (TPSA) is 56.8 Å². The Morgan fingerprint density at radius 1 is 1.00 bits per heavy atom. The molecule has 2 saturated heterocycles. The summed E-state index contributed by atoms with van der Waals surface area (Å²) in [5, 5.41) is 0. The fraction of sp³-hybridized carbons (Fsp3) is 0.480. The molecule has 2 fully saturated rings. The van der Waals surface area contributed by atoms with Crippen LogP contribution in [0.1, 0.15) is 47.3 Å². The standard InChI is InChI=1S/C25H32N4O2/c1-27(2)24(31)25(22-12-5-6-14-26-22)13-9-17-29(19-25)23(30)21-11-4-3-10-20(21)18-28-15-7-8-16-28/h3-6,10-12,14H,7-9,13,15-19H2,1-2H3/t25-/m1/s1. The van der Waals surface area contributed by atoms with Gasteiger partial charge >= 0.3 is 0 Å². The summed E-state index contributed by atoms with van der Waals surface area (Å²) in [6, 6.07) is 13.6. The third-order valence-corrected chi connectivity index (χ3v) is 6.59. The van der Waals surface area contributed by atoms with Crippen molar-refractivity contribution in [2.75, 3.05) is 40.3 Å². The molecule has 2 aliphatic rings. The molecule has 1 aromatic heterocycles. The molecule has 164 valence electrons. The van der Waals surface area contributed by atoms with E-state index in [1.165, 1.54) is 12.8 Å². The number of amides is 2. The summed E-state index contributed by atoms with van der Waals surface area (Å²) in [6.07, 6.45) is 5.64. The van der Waals surface area contributed by atoms with Crippen LogP contribution in [0.15, 0.2) is 48.7 Å². The van der Waals surface area contributed by atoms with Crippen molar-refractivity contribution < 1.29 is 9.59 Å². The molecule has 2 aromatic rings. The van der Waals surface area contributed by atoms with E-state index in [0.29, 0.717) is 19.5 Å². The molecule has 1 atom stereocenters. The van der Waals surface area contributed by atoms with E-state index < -0.39 is 5.41 Å². The molecule has 3 heterocycles. The minimum absolute atomic E-state index is 0.00838. The summed E-state index contributed by atoms with van der Waals surface area (Å²) in [5.74, 6) is 0.0235. The van der Waals surface area contributed by atoms with E-state index in [9.17, 15) is 9.59 Å². The smallest absolute Gasteiger partial charge is 0.254 e. The molecule has 2 aliphatic heterocycles. The van der Waals surface area contributed by atoms with Gasteiger partial charge in [0.05, 0.1) is 5.69 Å². The SMILES string of the molecule is CN(C)C(=O)[C@]1(c2ccccn2)CCCN(C(=O)c2ccccc2CN2CCCC2)C1. The lowest BCUT2D eigenvalue weighted by atomic mass is 9.75. The molecule has 0 aliphatic carbocycles. The average molecular weight is 421 g/mol. The van der Waals surface area contributed by atoms with Gasteiger partial charge in [-0.25, -0.2) is 0 Å². The number of carbonyl (C=O) groups excluding carboxylic acids is 2. The Hall–Kier alpha value is -2.73. The quantitative estimate of drug-likeness (QED) is 0.746. The molecule has 2 amide bonds. The zero-order chi connectivity index (χ0) is 21.8. The van der Waals surface area contributed by atoms with Gasteiger partial charge in [0.1, 0.15) is 5.41 Å². The van der Waals surface area contributed by atoms with Gasteiger partial charge in [-0.15, -0.1) is 0 Å². The summed E-state index contributed by atoms with van der Waals surface area (Å²) in [5.41, 5.74) is 1.77. The zero-order valence-electron chi connectivity index (χ0n) is 18.6. The fourth-order valence-electron chi connectivity index (χ4n) is 5.01. The molecule has 0 N–H and O–H groups in total. The first-order valence-corrected chi connectivity index (χ1v) is 11.2. The minimum Gasteiger partial charge on any atom is -0.348 e. The minimum atomic E-state index is -0.803. The highest BCUT2D eigenvalue weighted by molar-refractivity contribution is 5.97. The van der Waals surface area contributed by atoms with Gasteiger partial charge in [-0.3, -0.25) is 19.5 Å². The first-order valence-electron chi connectivity index (χ1n) is 11.2. The lowest BCUT2D eigenvalue weighted by Gasteiger charge is -2.42. The number of likely N-dealkylation sites (tertiary alicyclic amines) is 2. The molecule has 0 bridgehead atoms. The van der Waals surface area contributed by atoms with Crippen molar-refractivity contribution in [1.29, 1.82) is 0 Å². The lowest BCUT2D eigenvalue weighted by Crippen LogP contribution is -2.56. The fourth-order valence-corrected chi connectivity index (χ4v) is 5.01. The number of nitrogens with zero attached hydrogens (tertiary/aromatic N) is 4. The Kier molecular flexibility index (Phi) is 6.37. The summed E-state index contributed by atoms with van der Waals surface area (Å²) in [7, 11) is 3.55. The lowest BCUT2D eigenvalue weighted by molar-refractivity contribution is -0.136. The Morgan fingerprint density at radius 3 is 2.45 bits per heavy atom. The van der Waals surface area contributed by atoms with E-state index in [1.54, 1.807) is 25.2 Å². The Labute approximate surface area is 184 Å². The second kappa shape index (κ2) is 9.18. The van der Waals surface area contributed by atoms with E-state index in [4.69, 9.17) is 0 Å². The summed E-state index contributed by atoms with van der Waals surface area (Å²) in [6.45, 7) is 4.00. The Morgan fingerprint density at radius 2 is 1.74 bits per heavy atom. The largest absolute Gasteiger partial charge is 0.348 e. The van der Waals surface area contributed by atoms with Crippen molar-refractivity contribution in [3.8, 4) is 0 Å². The molecule has 6 nitrogen and oxygen atoms in total. The van der Waals surface area contributed by atoms with Crippen LogP contribution in [-0.4, -0.2) is 71.8 Å². The molecular weight excluding hydrogens is 388 g/mol. The van der Waals surface area contributed by atoms with Gasteiger partial charge in [-0.05, 0) is 62.5 Å². The van der Waals surface area contributed by atoms with E-state index in [2.05, 4.69) is 16.0 Å². The molecule has 6 heteroatoms. The maximum Gasteiger partial charge on any atom is 0.254 e. The van der Waals surface area contributed by atoms with Gasteiger partial charge < -0.3 is 9.80 Å². The maximum absolute atomic E-state index is 13.7. The van der Waals surface area contributed by atoms with Gasteiger partial charge in [-0.1, -0.05) is 24.3 Å². The van der Waals surface area contributed by atoms with Crippen LogP contribution in [0.2, 0.25) is 0 Å². The van der Waals surface area contributed by atoms with Crippen molar-refractivity contribution in [3.63, 3.8) is 0 Å². The highest BCUT2D eigenvalue weighted by Crippen LogP contribution is 2.35.